The molecule has 5 nitrogen and oxygen atoms in total. The van der Waals surface area contributed by atoms with E-state index in [0.29, 0.717) is 6.42 Å². The molecular weight excluding hydrogens is 391 g/mol. The van der Waals surface area contributed by atoms with Crippen LogP contribution in [0.2, 0.25) is 0 Å². The van der Waals surface area contributed by atoms with Gasteiger partial charge in [-0.1, -0.05) is 96.8 Å². The molecule has 0 amide bonds. The van der Waals surface area contributed by atoms with Crippen molar-refractivity contribution in [2.45, 2.75) is 117 Å². The molecule has 0 unspecified atom stereocenters. The third-order valence-corrected chi connectivity index (χ3v) is 5.36. The fourth-order valence-corrected chi connectivity index (χ4v) is 3.61. The Morgan fingerprint density at radius 3 is 1.44 bits per heavy atom. The maximum atomic E-state index is 11.4. The molecule has 0 saturated carbocycles. The van der Waals surface area contributed by atoms with Gasteiger partial charge in [0, 0.05) is 6.42 Å². The van der Waals surface area contributed by atoms with Crippen LogP contribution in [0.1, 0.15) is 118 Å². The topological polar surface area (TPSA) is 69.7 Å². The maximum Gasteiger partial charge on any atom is 1.00 e. The van der Waals surface area contributed by atoms with Crippen LogP contribution in [-0.2, 0) is 23.6 Å². The van der Waals surface area contributed by atoms with Gasteiger partial charge in [-0.2, -0.15) is 8.42 Å². The summed E-state index contributed by atoms with van der Waals surface area (Å²) >= 11 is 0. The molecule has 0 heterocycles. The van der Waals surface area contributed by atoms with Crippen molar-refractivity contribution >= 4 is 16.4 Å². The van der Waals surface area contributed by atoms with Crippen LogP contribution in [-0.4, -0.2) is 21.0 Å². The molecule has 0 aromatic carbocycles. The molecule has 0 aliphatic rings. The summed E-state index contributed by atoms with van der Waals surface area (Å²) < 4.78 is 30.9. The first-order valence-electron chi connectivity index (χ1n) is 10.6. The first-order valence-corrected chi connectivity index (χ1v) is 12.0. The Bertz CT molecular complexity index is 432. The normalized spacial score (nSPS) is 11.2. The molecule has 0 rings (SSSR count). The molecule has 0 radical (unpaired) electrons. The quantitative estimate of drug-likeness (QED) is 0.232. The molecule has 0 aromatic rings. The predicted octanol–water partition coefficient (Wildman–Crippen LogP) is 3.19. The van der Waals surface area contributed by atoms with E-state index in [2.05, 4.69) is 15.3 Å². The molecular formula is C20H41KO5S. The summed E-state index contributed by atoms with van der Waals surface area (Å²) in [5.41, 5.74) is 0. The van der Waals surface area contributed by atoms with Gasteiger partial charge in [0.05, 0.1) is 6.61 Å². The van der Waals surface area contributed by atoms with Gasteiger partial charge in [0.15, 0.2) is 0 Å². The van der Waals surface area contributed by atoms with Crippen LogP contribution in [0.3, 0.4) is 0 Å². The van der Waals surface area contributed by atoms with Crippen molar-refractivity contribution in [2.75, 3.05) is 6.61 Å². The van der Waals surface area contributed by atoms with E-state index in [4.69, 9.17) is 0 Å². The van der Waals surface area contributed by atoms with E-state index in [1.807, 2.05) is 0 Å². The van der Waals surface area contributed by atoms with E-state index in [1.165, 1.54) is 84.0 Å². The van der Waals surface area contributed by atoms with Crippen molar-refractivity contribution in [1.82, 2.24) is 0 Å². The molecule has 0 atom stereocenters. The predicted molar refractivity (Wildman–Crippen MR) is 107 cm³/mol. The molecule has 27 heavy (non-hydrogen) atoms. The van der Waals surface area contributed by atoms with Crippen LogP contribution in [0.4, 0.5) is 0 Å². The monoisotopic (exact) mass is 432 g/mol. The van der Waals surface area contributed by atoms with E-state index < -0.39 is 16.4 Å². The van der Waals surface area contributed by atoms with Gasteiger partial charge in [0.1, 0.15) is 0 Å². The number of hydrogen-bond donors (Lipinski definition) is 0. The van der Waals surface area contributed by atoms with Crippen molar-refractivity contribution < 1.29 is 74.4 Å². The Morgan fingerprint density at radius 2 is 1.07 bits per heavy atom. The number of rotatable bonds is 19. The second kappa shape index (κ2) is 21.7. The van der Waals surface area contributed by atoms with Crippen LogP contribution in [0.25, 0.3) is 0 Å². The van der Waals surface area contributed by atoms with Gasteiger partial charge in [0.25, 0.3) is 0 Å². The van der Waals surface area contributed by atoms with Crippen molar-refractivity contribution in [1.29, 1.82) is 0 Å². The van der Waals surface area contributed by atoms with E-state index in [0.717, 1.165) is 12.8 Å². The van der Waals surface area contributed by atoms with Gasteiger partial charge in [-0.15, -0.1) is 0 Å². The Morgan fingerprint density at radius 1 is 0.704 bits per heavy atom. The zero-order valence-electron chi connectivity index (χ0n) is 19.0. The summed E-state index contributed by atoms with van der Waals surface area (Å²) in [6.45, 7) is 3.75. The minimum Gasteiger partial charge on any atom is -1.00 e. The molecule has 7 heteroatoms. The summed E-state index contributed by atoms with van der Waals surface area (Å²) in [7, 11) is -4.15. The Kier molecular flexibility index (Phi) is 24.3. The molecule has 0 bridgehead atoms. The summed E-state index contributed by atoms with van der Waals surface area (Å²) in [5.74, 6) is -0.729. The zero-order valence-corrected chi connectivity index (χ0v) is 21.9. The van der Waals surface area contributed by atoms with Gasteiger partial charge >= 0.3 is 67.8 Å². The van der Waals surface area contributed by atoms with E-state index >= 15 is 0 Å². The van der Waals surface area contributed by atoms with Crippen molar-refractivity contribution in [3.8, 4) is 0 Å². The first kappa shape index (κ1) is 30.2. The SMILES string of the molecule is CCCCCCCCCCCCCCCCCC(=O)OS(=O)(=O)OCC.[H-].[K+]. The van der Waals surface area contributed by atoms with Crippen LogP contribution in [0.15, 0.2) is 0 Å². The average Bonchev–Trinajstić information content (AvgIpc) is 2.57. The average molecular weight is 433 g/mol. The molecule has 0 aliphatic carbocycles. The van der Waals surface area contributed by atoms with Crippen molar-refractivity contribution in [3.05, 3.63) is 0 Å². The minimum atomic E-state index is -4.15. The zero-order chi connectivity index (χ0) is 19.5. The van der Waals surface area contributed by atoms with E-state index in [9.17, 15) is 13.2 Å². The molecule has 0 aromatic heterocycles. The summed E-state index contributed by atoms with van der Waals surface area (Å²) in [6, 6.07) is 0. The van der Waals surface area contributed by atoms with Crippen LogP contribution < -0.4 is 51.4 Å². The largest absolute Gasteiger partial charge is 1.00 e. The maximum absolute atomic E-state index is 11.4. The van der Waals surface area contributed by atoms with Gasteiger partial charge in [-0.3, -0.25) is 4.79 Å². The third kappa shape index (κ3) is 23.2. The summed E-state index contributed by atoms with van der Waals surface area (Å²) in [6.07, 6.45) is 18.9. The van der Waals surface area contributed by atoms with Crippen LogP contribution in [0.5, 0.6) is 0 Å². The third-order valence-electron chi connectivity index (χ3n) is 4.44. The number of carbonyl (C=O) groups excluding carboxylic acids is 1. The Balaban J connectivity index is -0.00000312. The molecule has 0 N–H and O–H groups in total. The summed E-state index contributed by atoms with van der Waals surface area (Å²) in [5, 5.41) is 0. The van der Waals surface area contributed by atoms with Gasteiger partial charge in [-0.05, 0) is 13.3 Å². The molecule has 158 valence electrons. The number of unbranched alkanes of at least 4 members (excludes halogenated alkanes) is 14. The minimum absolute atomic E-state index is 0. The van der Waals surface area contributed by atoms with Crippen LogP contribution in [0, 0.1) is 0 Å². The fourth-order valence-electron chi connectivity index (χ4n) is 2.96. The fraction of sp³-hybridized carbons (Fsp3) is 0.950. The van der Waals surface area contributed by atoms with Crippen molar-refractivity contribution in [2.24, 2.45) is 0 Å². The molecule has 0 fully saturated rings. The van der Waals surface area contributed by atoms with Gasteiger partial charge < -0.3 is 5.61 Å². The standard InChI is InChI=1S/C20H40O5S.K.H/c1-3-5-6-7-8-9-10-11-12-13-14-15-16-17-18-19-20(21)25-26(22,23)24-4-2;;/h3-19H2,1-2H3;;/q;+1;-1. The smallest absolute Gasteiger partial charge is 1.00 e. The second-order valence-corrected chi connectivity index (χ2v) is 8.19. The van der Waals surface area contributed by atoms with Crippen LogP contribution >= 0.6 is 0 Å². The molecule has 0 aliphatic heterocycles. The molecule has 0 saturated heterocycles. The number of carbonyl (C=O) groups is 1. The number of hydrogen-bond acceptors (Lipinski definition) is 5. The first-order chi connectivity index (χ1) is 12.5. The Labute approximate surface area is 212 Å². The summed E-state index contributed by atoms with van der Waals surface area (Å²) in [4.78, 5) is 11.4. The van der Waals surface area contributed by atoms with Crippen molar-refractivity contribution in [3.63, 3.8) is 0 Å². The Hall–Kier alpha value is 1.02. The van der Waals surface area contributed by atoms with E-state index in [1.54, 1.807) is 0 Å². The second-order valence-electron chi connectivity index (χ2n) is 6.97. The van der Waals surface area contributed by atoms with Gasteiger partial charge in [-0.25, -0.2) is 4.18 Å². The van der Waals surface area contributed by atoms with Gasteiger partial charge in [0.2, 0.25) is 0 Å². The van der Waals surface area contributed by atoms with E-state index in [-0.39, 0.29) is 65.8 Å². The molecule has 0 spiro atoms.